The van der Waals surface area contributed by atoms with Crippen molar-refractivity contribution in [1.29, 1.82) is 0 Å². The molecule has 0 bridgehead atoms. The van der Waals surface area contributed by atoms with E-state index >= 15 is 0 Å². The van der Waals surface area contributed by atoms with Gasteiger partial charge in [-0.2, -0.15) is 0 Å². The summed E-state index contributed by atoms with van der Waals surface area (Å²) in [5.41, 5.74) is 7.52. The van der Waals surface area contributed by atoms with Gasteiger partial charge >= 0.3 is 0 Å². The van der Waals surface area contributed by atoms with Crippen LogP contribution in [0.5, 0.6) is 0 Å². The Morgan fingerprint density at radius 2 is 2.11 bits per heavy atom. The number of nitrogen functional groups attached to an aromatic ring is 1. The van der Waals surface area contributed by atoms with Gasteiger partial charge < -0.3 is 10.6 Å². The van der Waals surface area contributed by atoms with Crippen molar-refractivity contribution in [2.75, 3.05) is 12.8 Å². The van der Waals surface area contributed by atoms with Crippen LogP contribution >= 0.6 is 11.3 Å². The number of anilines is 1. The molecule has 0 saturated carbocycles. The largest absolute Gasteiger partial charge is 0.397 e. The number of aryl methyl sites for hydroxylation is 1. The van der Waals surface area contributed by atoms with E-state index in [1.807, 2.05) is 32.9 Å². The highest BCUT2D eigenvalue weighted by Crippen LogP contribution is 2.33. The minimum absolute atomic E-state index is 0.0387. The van der Waals surface area contributed by atoms with Gasteiger partial charge in [0.1, 0.15) is 9.71 Å². The van der Waals surface area contributed by atoms with Crippen LogP contribution in [-0.4, -0.2) is 28.9 Å². The van der Waals surface area contributed by atoms with Crippen LogP contribution in [0.1, 0.15) is 29.2 Å². The lowest BCUT2D eigenvalue weighted by atomic mass is 10.2. The van der Waals surface area contributed by atoms with Gasteiger partial charge in [0, 0.05) is 24.2 Å². The van der Waals surface area contributed by atoms with Crippen molar-refractivity contribution in [1.82, 2.24) is 9.88 Å². The fourth-order valence-corrected chi connectivity index (χ4v) is 2.77. The van der Waals surface area contributed by atoms with E-state index in [1.54, 1.807) is 11.9 Å². The third-order valence-corrected chi connectivity index (χ3v) is 4.13. The normalized spacial score (nSPS) is 11.2. The average molecular weight is 263 g/mol. The number of pyridine rings is 1. The number of fused-ring (bicyclic) bond motifs is 1. The molecule has 0 radical (unpaired) electrons. The van der Waals surface area contributed by atoms with Crippen molar-refractivity contribution in [2.24, 2.45) is 0 Å². The van der Waals surface area contributed by atoms with Crippen molar-refractivity contribution < 1.29 is 4.79 Å². The molecule has 4 nitrogen and oxygen atoms in total. The second kappa shape index (κ2) is 4.57. The van der Waals surface area contributed by atoms with Crippen molar-refractivity contribution in [3.8, 4) is 0 Å². The molecule has 0 unspecified atom stereocenters. The molecule has 5 heteroatoms. The fraction of sp³-hybridized carbons (Fsp3) is 0.385. The van der Waals surface area contributed by atoms with Crippen LogP contribution < -0.4 is 5.73 Å². The Balaban J connectivity index is 2.52. The number of thiophene rings is 1. The van der Waals surface area contributed by atoms with Gasteiger partial charge in [0.15, 0.2) is 0 Å². The molecule has 0 aliphatic carbocycles. The van der Waals surface area contributed by atoms with Crippen LogP contribution in [0.15, 0.2) is 12.1 Å². The number of rotatable bonds is 2. The first-order valence-corrected chi connectivity index (χ1v) is 6.66. The number of nitrogens with two attached hydrogens (primary N) is 1. The summed E-state index contributed by atoms with van der Waals surface area (Å²) in [6.45, 7) is 5.88. The first kappa shape index (κ1) is 12.8. The Hall–Kier alpha value is -1.62. The molecular weight excluding hydrogens is 246 g/mol. The average Bonchev–Trinajstić information content (AvgIpc) is 2.64. The van der Waals surface area contributed by atoms with Gasteiger partial charge in [-0.15, -0.1) is 11.3 Å². The zero-order valence-corrected chi connectivity index (χ0v) is 11.8. The van der Waals surface area contributed by atoms with Gasteiger partial charge in [-0.1, -0.05) is 0 Å². The molecule has 0 aromatic carbocycles. The van der Waals surface area contributed by atoms with E-state index in [2.05, 4.69) is 4.98 Å². The zero-order chi connectivity index (χ0) is 13.4. The summed E-state index contributed by atoms with van der Waals surface area (Å²) >= 11 is 1.36. The molecule has 1 amide bonds. The van der Waals surface area contributed by atoms with Crippen molar-refractivity contribution in [3.05, 3.63) is 22.7 Å². The highest BCUT2D eigenvalue weighted by atomic mass is 32.1. The number of hydrogen-bond donors (Lipinski definition) is 1. The molecule has 2 rings (SSSR count). The third kappa shape index (κ3) is 2.06. The Labute approximate surface area is 110 Å². The Bertz CT molecular complexity index is 604. The molecular formula is C13H17N3OS. The molecule has 0 fully saturated rings. The van der Waals surface area contributed by atoms with Crippen LogP contribution in [0.4, 0.5) is 5.69 Å². The van der Waals surface area contributed by atoms with Gasteiger partial charge in [-0.25, -0.2) is 4.98 Å². The minimum atomic E-state index is -0.0387. The lowest BCUT2D eigenvalue weighted by Gasteiger charge is -2.20. The van der Waals surface area contributed by atoms with Crippen LogP contribution in [-0.2, 0) is 0 Å². The van der Waals surface area contributed by atoms with E-state index in [4.69, 9.17) is 5.73 Å². The summed E-state index contributed by atoms with van der Waals surface area (Å²) in [5.74, 6) is -0.0387. The van der Waals surface area contributed by atoms with Crippen LogP contribution in [0.3, 0.4) is 0 Å². The van der Waals surface area contributed by atoms with E-state index in [0.717, 1.165) is 15.9 Å². The summed E-state index contributed by atoms with van der Waals surface area (Å²) < 4.78 is 0. The number of carbonyl (C=O) groups is 1. The molecule has 0 aliphatic rings. The van der Waals surface area contributed by atoms with Gasteiger partial charge in [0.05, 0.1) is 5.69 Å². The molecule has 0 spiro atoms. The summed E-state index contributed by atoms with van der Waals surface area (Å²) in [6, 6.07) is 3.98. The minimum Gasteiger partial charge on any atom is -0.397 e. The van der Waals surface area contributed by atoms with Gasteiger partial charge in [-0.05, 0) is 32.9 Å². The molecule has 0 saturated heterocycles. The topological polar surface area (TPSA) is 59.2 Å². The SMILES string of the molecule is Cc1ccc2c(N)c(C(=O)N(C)C(C)C)sc2n1. The zero-order valence-electron chi connectivity index (χ0n) is 11.0. The molecule has 0 aliphatic heterocycles. The first-order chi connectivity index (χ1) is 8.41. The maximum absolute atomic E-state index is 12.3. The van der Waals surface area contributed by atoms with E-state index in [1.165, 1.54) is 11.3 Å². The summed E-state index contributed by atoms with van der Waals surface area (Å²) in [4.78, 5) is 19.8. The summed E-state index contributed by atoms with van der Waals surface area (Å²) in [6.07, 6.45) is 0. The molecule has 2 aromatic rings. The molecule has 96 valence electrons. The van der Waals surface area contributed by atoms with Crippen LogP contribution in [0.25, 0.3) is 10.2 Å². The lowest BCUT2D eigenvalue weighted by Crippen LogP contribution is -2.32. The number of hydrogen-bond acceptors (Lipinski definition) is 4. The van der Waals surface area contributed by atoms with Gasteiger partial charge in [-0.3, -0.25) is 4.79 Å². The molecule has 0 atom stereocenters. The molecule has 2 N–H and O–H groups in total. The third-order valence-electron chi connectivity index (χ3n) is 3.02. The summed E-state index contributed by atoms with van der Waals surface area (Å²) in [5, 5.41) is 0.867. The quantitative estimate of drug-likeness (QED) is 0.906. The van der Waals surface area contributed by atoms with Gasteiger partial charge in [0.2, 0.25) is 0 Å². The van der Waals surface area contributed by atoms with E-state index in [9.17, 15) is 4.79 Å². The number of nitrogens with zero attached hydrogens (tertiary/aromatic N) is 2. The van der Waals surface area contributed by atoms with E-state index < -0.39 is 0 Å². The Morgan fingerprint density at radius 1 is 1.44 bits per heavy atom. The highest BCUT2D eigenvalue weighted by Gasteiger charge is 2.21. The lowest BCUT2D eigenvalue weighted by molar-refractivity contribution is 0.0761. The molecule has 2 aromatic heterocycles. The standard InChI is InChI=1S/C13H17N3OS/c1-7(2)16(4)13(17)11-10(14)9-6-5-8(3)15-12(9)18-11/h5-7H,14H2,1-4H3. The van der Waals surface area contributed by atoms with E-state index in [0.29, 0.717) is 10.6 Å². The smallest absolute Gasteiger partial charge is 0.266 e. The van der Waals surface area contributed by atoms with Gasteiger partial charge in [0.25, 0.3) is 5.91 Å². The second-order valence-corrected chi connectivity index (χ2v) is 5.66. The Kier molecular flexibility index (Phi) is 3.26. The van der Waals surface area contributed by atoms with Crippen molar-refractivity contribution >= 4 is 33.1 Å². The van der Waals surface area contributed by atoms with Crippen molar-refractivity contribution in [3.63, 3.8) is 0 Å². The van der Waals surface area contributed by atoms with Crippen LogP contribution in [0.2, 0.25) is 0 Å². The maximum Gasteiger partial charge on any atom is 0.266 e. The van der Waals surface area contributed by atoms with Crippen LogP contribution in [0, 0.1) is 6.92 Å². The summed E-state index contributed by atoms with van der Waals surface area (Å²) in [7, 11) is 1.79. The second-order valence-electron chi connectivity index (χ2n) is 4.66. The molecule has 2 heterocycles. The number of amides is 1. The highest BCUT2D eigenvalue weighted by molar-refractivity contribution is 7.21. The molecule has 18 heavy (non-hydrogen) atoms. The monoisotopic (exact) mass is 263 g/mol. The predicted molar refractivity (Wildman–Crippen MR) is 76.0 cm³/mol. The Morgan fingerprint density at radius 3 is 2.72 bits per heavy atom. The number of carbonyl (C=O) groups excluding carboxylic acids is 1. The van der Waals surface area contributed by atoms with E-state index in [-0.39, 0.29) is 11.9 Å². The number of aromatic nitrogens is 1. The van der Waals surface area contributed by atoms with Crippen molar-refractivity contribution in [2.45, 2.75) is 26.8 Å². The first-order valence-electron chi connectivity index (χ1n) is 5.84. The maximum atomic E-state index is 12.3. The predicted octanol–water partition coefficient (Wildman–Crippen LogP) is 2.67. The fourth-order valence-electron chi connectivity index (χ4n) is 1.64.